The molecule has 118 valence electrons. The molecule has 8 heteroatoms. The van der Waals surface area contributed by atoms with Crippen LogP contribution < -0.4 is 15.1 Å². The van der Waals surface area contributed by atoms with E-state index in [4.69, 9.17) is 0 Å². The summed E-state index contributed by atoms with van der Waals surface area (Å²) in [6.45, 7) is 6.69. The van der Waals surface area contributed by atoms with Crippen molar-refractivity contribution in [3.05, 3.63) is 22.4 Å². The maximum absolute atomic E-state index is 4.60. The molecule has 0 unspecified atom stereocenters. The predicted molar refractivity (Wildman–Crippen MR) is 88.7 cm³/mol. The number of aromatic nitrogens is 4. The molecule has 1 N–H and O–H groups in total. The topological polar surface area (TPSA) is 70.1 Å². The Morgan fingerprint density at radius 3 is 2.82 bits per heavy atom. The van der Waals surface area contributed by atoms with Crippen molar-refractivity contribution in [3.8, 4) is 0 Å². The molecule has 0 aromatic carbocycles. The van der Waals surface area contributed by atoms with Gasteiger partial charge in [-0.05, 0) is 6.92 Å². The van der Waals surface area contributed by atoms with Gasteiger partial charge in [-0.3, -0.25) is 0 Å². The van der Waals surface area contributed by atoms with Crippen molar-refractivity contribution in [2.45, 2.75) is 13.3 Å². The lowest BCUT2D eigenvalue weighted by molar-refractivity contribution is 0.578. The normalized spacial score (nSPS) is 15.1. The zero-order chi connectivity index (χ0) is 15.4. The van der Waals surface area contributed by atoms with Crippen molar-refractivity contribution in [2.24, 2.45) is 0 Å². The molecule has 3 heterocycles. The summed E-state index contributed by atoms with van der Waals surface area (Å²) in [5.41, 5.74) is 1.09. The smallest absolute Gasteiger partial charge is 0.230 e. The van der Waals surface area contributed by atoms with Crippen molar-refractivity contribution in [3.63, 3.8) is 0 Å². The highest BCUT2D eigenvalue weighted by molar-refractivity contribution is 7.09. The van der Waals surface area contributed by atoms with Crippen LogP contribution in [0.4, 0.5) is 11.9 Å². The van der Waals surface area contributed by atoms with Gasteiger partial charge in [-0.25, -0.2) is 15.0 Å². The van der Waals surface area contributed by atoms with E-state index in [0.29, 0.717) is 0 Å². The zero-order valence-electron chi connectivity index (χ0n) is 13.0. The summed E-state index contributed by atoms with van der Waals surface area (Å²) in [6.07, 6.45) is 2.51. The molecule has 1 saturated heterocycles. The van der Waals surface area contributed by atoms with Crippen LogP contribution in [0.15, 0.2) is 11.7 Å². The number of rotatable bonds is 5. The van der Waals surface area contributed by atoms with Gasteiger partial charge >= 0.3 is 0 Å². The molecule has 2 aromatic rings. The highest BCUT2D eigenvalue weighted by Crippen LogP contribution is 2.14. The molecule has 1 aliphatic heterocycles. The van der Waals surface area contributed by atoms with Crippen LogP contribution in [0.25, 0.3) is 0 Å². The van der Waals surface area contributed by atoms with Gasteiger partial charge in [0, 0.05) is 57.3 Å². The molecule has 2 aromatic heterocycles. The number of piperazine rings is 1. The number of thiazole rings is 1. The lowest BCUT2D eigenvalue weighted by Crippen LogP contribution is -2.44. The molecule has 1 aliphatic rings. The Labute approximate surface area is 134 Å². The van der Waals surface area contributed by atoms with Gasteiger partial charge in [0.2, 0.25) is 11.9 Å². The molecule has 22 heavy (non-hydrogen) atoms. The first kappa shape index (κ1) is 15.1. The molecule has 7 nitrogen and oxygen atoms in total. The minimum absolute atomic E-state index is 0.719. The SMILES string of the molecule is Cc1csc(CCN(C)c2ncnc(N3CCNCC3)n2)n1. The van der Waals surface area contributed by atoms with Gasteiger partial charge < -0.3 is 15.1 Å². The van der Waals surface area contributed by atoms with Crippen molar-refractivity contribution in [1.82, 2.24) is 25.3 Å². The Hall–Kier alpha value is -1.80. The van der Waals surface area contributed by atoms with Gasteiger partial charge in [0.1, 0.15) is 6.33 Å². The van der Waals surface area contributed by atoms with E-state index in [1.807, 2.05) is 14.0 Å². The third-order valence-electron chi connectivity index (χ3n) is 3.62. The third kappa shape index (κ3) is 3.69. The van der Waals surface area contributed by atoms with E-state index in [2.05, 4.69) is 40.4 Å². The van der Waals surface area contributed by atoms with Crippen LogP contribution in [-0.4, -0.2) is 59.7 Å². The van der Waals surface area contributed by atoms with E-state index < -0.39 is 0 Å². The monoisotopic (exact) mass is 319 g/mol. The van der Waals surface area contributed by atoms with Crippen molar-refractivity contribution in [1.29, 1.82) is 0 Å². The summed E-state index contributed by atoms with van der Waals surface area (Å²) in [6, 6.07) is 0. The number of aryl methyl sites for hydroxylation is 1. The maximum Gasteiger partial charge on any atom is 0.230 e. The fourth-order valence-corrected chi connectivity index (χ4v) is 3.13. The van der Waals surface area contributed by atoms with Gasteiger partial charge in [-0.15, -0.1) is 11.3 Å². The Kier molecular flexibility index (Phi) is 4.79. The molecule has 0 atom stereocenters. The van der Waals surface area contributed by atoms with E-state index >= 15 is 0 Å². The van der Waals surface area contributed by atoms with Gasteiger partial charge in [-0.1, -0.05) is 0 Å². The Bertz CT molecular complexity index is 609. The van der Waals surface area contributed by atoms with Crippen molar-refractivity contribution < 1.29 is 0 Å². The first-order valence-electron chi connectivity index (χ1n) is 7.49. The molecule has 3 rings (SSSR count). The summed E-state index contributed by atoms with van der Waals surface area (Å²) in [4.78, 5) is 21.9. The van der Waals surface area contributed by atoms with E-state index in [-0.39, 0.29) is 0 Å². The van der Waals surface area contributed by atoms with Crippen LogP contribution in [-0.2, 0) is 6.42 Å². The number of hydrogen-bond donors (Lipinski definition) is 1. The second kappa shape index (κ2) is 6.97. The predicted octanol–water partition coefficient (Wildman–Crippen LogP) is 0.725. The van der Waals surface area contributed by atoms with Gasteiger partial charge in [0.25, 0.3) is 0 Å². The average molecular weight is 319 g/mol. The summed E-state index contributed by atoms with van der Waals surface area (Å²) < 4.78 is 0. The van der Waals surface area contributed by atoms with E-state index in [0.717, 1.165) is 61.7 Å². The Balaban J connectivity index is 1.63. The highest BCUT2D eigenvalue weighted by atomic mass is 32.1. The second-order valence-electron chi connectivity index (χ2n) is 5.38. The Morgan fingerprint density at radius 2 is 2.09 bits per heavy atom. The van der Waals surface area contributed by atoms with Gasteiger partial charge in [-0.2, -0.15) is 4.98 Å². The van der Waals surface area contributed by atoms with Crippen LogP contribution in [0.3, 0.4) is 0 Å². The number of nitrogens with zero attached hydrogens (tertiary/aromatic N) is 6. The fourth-order valence-electron chi connectivity index (χ4n) is 2.36. The maximum atomic E-state index is 4.60. The first-order valence-corrected chi connectivity index (χ1v) is 8.37. The first-order chi connectivity index (χ1) is 10.7. The summed E-state index contributed by atoms with van der Waals surface area (Å²) >= 11 is 1.71. The quantitative estimate of drug-likeness (QED) is 0.871. The molecule has 0 spiro atoms. The highest BCUT2D eigenvalue weighted by Gasteiger charge is 2.15. The Morgan fingerprint density at radius 1 is 1.27 bits per heavy atom. The summed E-state index contributed by atoms with van der Waals surface area (Å²) in [5, 5.41) is 6.57. The van der Waals surface area contributed by atoms with E-state index in [9.17, 15) is 0 Å². The van der Waals surface area contributed by atoms with E-state index in [1.54, 1.807) is 17.7 Å². The van der Waals surface area contributed by atoms with Crippen LogP contribution >= 0.6 is 11.3 Å². The summed E-state index contributed by atoms with van der Waals surface area (Å²) in [7, 11) is 2.01. The molecule has 1 fully saturated rings. The van der Waals surface area contributed by atoms with Gasteiger partial charge in [0.05, 0.1) is 5.01 Å². The molecule has 0 saturated carbocycles. The lowest BCUT2D eigenvalue weighted by Gasteiger charge is -2.27. The van der Waals surface area contributed by atoms with Crippen molar-refractivity contribution >= 4 is 23.2 Å². The molecule has 0 amide bonds. The molecule has 0 radical (unpaired) electrons. The molecule has 0 bridgehead atoms. The molecular formula is C14H21N7S. The molecule has 0 aliphatic carbocycles. The number of anilines is 2. The number of likely N-dealkylation sites (N-methyl/N-ethyl adjacent to an activating group) is 1. The van der Waals surface area contributed by atoms with Crippen molar-refractivity contribution in [2.75, 3.05) is 49.6 Å². The standard InChI is InChI=1S/C14H21N7S/c1-11-9-22-12(18-11)3-6-20(2)13-16-10-17-14(19-13)21-7-4-15-5-8-21/h9-10,15H,3-8H2,1-2H3. The number of hydrogen-bond acceptors (Lipinski definition) is 8. The van der Waals surface area contributed by atoms with Crippen LogP contribution in [0.1, 0.15) is 10.7 Å². The number of nitrogens with one attached hydrogen (secondary N) is 1. The minimum atomic E-state index is 0.719. The van der Waals surface area contributed by atoms with Crippen LogP contribution in [0.5, 0.6) is 0 Å². The van der Waals surface area contributed by atoms with E-state index in [1.165, 1.54) is 0 Å². The molecular weight excluding hydrogens is 298 g/mol. The van der Waals surface area contributed by atoms with Gasteiger partial charge in [0.15, 0.2) is 0 Å². The summed E-state index contributed by atoms with van der Waals surface area (Å²) in [5.74, 6) is 1.49. The van der Waals surface area contributed by atoms with Crippen LogP contribution in [0.2, 0.25) is 0 Å². The van der Waals surface area contributed by atoms with Crippen LogP contribution in [0, 0.1) is 6.92 Å². The lowest BCUT2D eigenvalue weighted by atomic mass is 10.4. The average Bonchev–Trinajstić information content (AvgIpc) is 2.99. The zero-order valence-corrected chi connectivity index (χ0v) is 13.8. The minimum Gasteiger partial charge on any atom is -0.343 e. The second-order valence-corrected chi connectivity index (χ2v) is 6.32. The largest absolute Gasteiger partial charge is 0.343 e. The fraction of sp³-hybridized carbons (Fsp3) is 0.571. The third-order valence-corrected chi connectivity index (χ3v) is 4.64.